The van der Waals surface area contributed by atoms with E-state index in [0.717, 1.165) is 5.56 Å². The minimum absolute atomic E-state index is 0.356. The van der Waals surface area contributed by atoms with Crippen LogP contribution in [0.25, 0.3) is 10.6 Å². The third-order valence-corrected chi connectivity index (χ3v) is 3.91. The largest absolute Gasteiger partial charge is 0.325 e. The van der Waals surface area contributed by atoms with Crippen LogP contribution in [-0.2, 0) is 0 Å². The van der Waals surface area contributed by atoms with Crippen LogP contribution in [0.2, 0.25) is 5.02 Å². The van der Waals surface area contributed by atoms with Gasteiger partial charge in [-0.25, -0.2) is 4.79 Å². The van der Waals surface area contributed by atoms with Gasteiger partial charge in [0.2, 0.25) is 5.13 Å². The minimum Gasteiger partial charge on any atom is -0.308 e. The molecule has 0 spiro atoms. The van der Waals surface area contributed by atoms with Crippen molar-refractivity contribution >= 4 is 39.8 Å². The van der Waals surface area contributed by atoms with E-state index in [1.165, 1.54) is 11.3 Å². The number of nitrogens with one attached hydrogen (secondary N) is 2. The van der Waals surface area contributed by atoms with E-state index in [-0.39, 0.29) is 6.03 Å². The Hall–Kier alpha value is -2.44. The van der Waals surface area contributed by atoms with E-state index in [1.54, 1.807) is 24.3 Å². The first-order valence-corrected chi connectivity index (χ1v) is 7.63. The Bertz CT molecular complexity index is 774. The van der Waals surface area contributed by atoms with Crippen LogP contribution in [0.3, 0.4) is 0 Å². The number of rotatable bonds is 3. The molecule has 0 atom stereocenters. The van der Waals surface area contributed by atoms with E-state index < -0.39 is 0 Å². The van der Waals surface area contributed by atoms with Gasteiger partial charge in [0, 0.05) is 16.3 Å². The number of halogens is 1. The molecular weight excluding hydrogens is 320 g/mol. The number of para-hydroxylation sites is 1. The third-order valence-electron chi connectivity index (χ3n) is 2.77. The first-order valence-electron chi connectivity index (χ1n) is 6.43. The first-order chi connectivity index (χ1) is 10.7. The predicted octanol–water partition coefficient (Wildman–Crippen LogP) is 4.50. The molecule has 0 aliphatic carbocycles. The van der Waals surface area contributed by atoms with E-state index in [2.05, 4.69) is 20.8 Å². The number of urea groups is 1. The van der Waals surface area contributed by atoms with Gasteiger partial charge < -0.3 is 5.32 Å². The minimum atomic E-state index is -0.356. The molecule has 0 aliphatic heterocycles. The molecule has 3 aromatic rings. The molecule has 0 bridgehead atoms. The van der Waals surface area contributed by atoms with Gasteiger partial charge in [0.15, 0.2) is 0 Å². The number of carbonyl (C=O) groups excluding carboxylic acids is 1. The SMILES string of the molecule is O=C(Nc1ccccc1)Nc1nnc(-c2ccc(Cl)cc2)s1. The van der Waals surface area contributed by atoms with Crippen molar-refractivity contribution in [2.45, 2.75) is 0 Å². The molecule has 1 aromatic heterocycles. The number of aromatic nitrogens is 2. The number of anilines is 2. The molecule has 110 valence electrons. The van der Waals surface area contributed by atoms with Gasteiger partial charge in [0.25, 0.3) is 0 Å². The molecule has 2 aromatic carbocycles. The van der Waals surface area contributed by atoms with Gasteiger partial charge in [0.05, 0.1) is 0 Å². The summed E-state index contributed by atoms with van der Waals surface area (Å²) in [5, 5.41) is 15.2. The van der Waals surface area contributed by atoms with Crippen LogP contribution in [0, 0.1) is 0 Å². The van der Waals surface area contributed by atoms with Crippen molar-refractivity contribution in [3.05, 3.63) is 59.6 Å². The molecule has 3 rings (SSSR count). The zero-order valence-electron chi connectivity index (χ0n) is 11.3. The summed E-state index contributed by atoms with van der Waals surface area (Å²) in [6.45, 7) is 0. The van der Waals surface area contributed by atoms with Crippen LogP contribution >= 0.6 is 22.9 Å². The van der Waals surface area contributed by atoms with Crippen molar-refractivity contribution in [1.82, 2.24) is 10.2 Å². The average molecular weight is 331 g/mol. The molecule has 0 fully saturated rings. The summed E-state index contributed by atoms with van der Waals surface area (Å²) in [5.74, 6) is 0. The number of hydrogen-bond acceptors (Lipinski definition) is 4. The van der Waals surface area contributed by atoms with Crippen molar-refractivity contribution in [1.29, 1.82) is 0 Å². The van der Waals surface area contributed by atoms with Gasteiger partial charge >= 0.3 is 6.03 Å². The molecule has 2 amide bonds. The summed E-state index contributed by atoms with van der Waals surface area (Å²) < 4.78 is 0. The highest BCUT2D eigenvalue weighted by molar-refractivity contribution is 7.18. The third kappa shape index (κ3) is 3.60. The normalized spacial score (nSPS) is 10.2. The lowest BCUT2D eigenvalue weighted by molar-refractivity contribution is 0.262. The summed E-state index contributed by atoms with van der Waals surface area (Å²) in [6.07, 6.45) is 0. The van der Waals surface area contributed by atoms with Gasteiger partial charge in [-0.1, -0.05) is 53.3 Å². The zero-order valence-corrected chi connectivity index (χ0v) is 12.9. The number of carbonyl (C=O) groups is 1. The molecule has 2 N–H and O–H groups in total. The monoisotopic (exact) mass is 330 g/mol. The molecule has 0 aliphatic rings. The highest BCUT2D eigenvalue weighted by atomic mass is 35.5. The van der Waals surface area contributed by atoms with Gasteiger partial charge in [-0.2, -0.15) is 0 Å². The predicted molar refractivity (Wildman–Crippen MR) is 89.4 cm³/mol. The second-order valence-electron chi connectivity index (χ2n) is 4.36. The fourth-order valence-electron chi connectivity index (χ4n) is 1.76. The lowest BCUT2D eigenvalue weighted by Gasteiger charge is -2.03. The first kappa shape index (κ1) is 14.5. The van der Waals surface area contributed by atoms with E-state index in [0.29, 0.717) is 20.8 Å². The Morgan fingerprint density at radius 3 is 2.41 bits per heavy atom. The van der Waals surface area contributed by atoms with Crippen LogP contribution in [0.5, 0.6) is 0 Å². The van der Waals surface area contributed by atoms with E-state index >= 15 is 0 Å². The number of amides is 2. The standard InChI is InChI=1S/C15H11ClN4OS/c16-11-8-6-10(7-9-11)13-19-20-15(22-13)18-14(21)17-12-4-2-1-3-5-12/h1-9H,(H2,17,18,20,21). The lowest BCUT2D eigenvalue weighted by atomic mass is 10.2. The summed E-state index contributed by atoms with van der Waals surface area (Å²) >= 11 is 7.15. The topological polar surface area (TPSA) is 66.9 Å². The molecular formula is C15H11ClN4OS. The van der Waals surface area contributed by atoms with Gasteiger partial charge in [-0.05, 0) is 24.3 Å². The highest BCUT2D eigenvalue weighted by Gasteiger charge is 2.09. The summed E-state index contributed by atoms with van der Waals surface area (Å²) in [6, 6.07) is 16.1. The smallest absolute Gasteiger partial charge is 0.308 e. The maximum absolute atomic E-state index is 11.9. The molecule has 0 saturated heterocycles. The molecule has 0 radical (unpaired) electrons. The number of benzene rings is 2. The molecule has 0 unspecified atom stereocenters. The molecule has 0 saturated carbocycles. The number of hydrogen-bond donors (Lipinski definition) is 2. The van der Waals surface area contributed by atoms with Gasteiger partial charge in [-0.3, -0.25) is 5.32 Å². The van der Waals surface area contributed by atoms with Crippen LogP contribution < -0.4 is 10.6 Å². The van der Waals surface area contributed by atoms with Crippen molar-refractivity contribution in [2.75, 3.05) is 10.6 Å². The van der Waals surface area contributed by atoms with Crippen LogP contribution in [-0.4, -0.2) is 16.2 Å². The Balaban J connectivity index is 1.66. The van der Waals surface area contributed by atoms with E-state index in [4.69, 9.17) is 11.6 Å². The van der Waals surface area contributed by atoms with Crippen molar-refractivity contribution in [2.24, 2.45) is 0 Å². The molecule has 22 heavy (non-hydrogen) atoms. The fraction of sp³-hybridized carbons (Fsp3) is 0. The highest BCUT2D eigenvalue weighted by Crippen LogP contribution is 2.27. The maximum atomic E-state index is 11.9. The van der Waals surface area contributed by atoms with Crippen molar-refractivity contribution in [3.8, 4) is 10.6 Å². The van der Waals surface area contributed by atoms with E-state index in [1.807, 2.05) is 30.3 Å². The van der Waals surface area contributed by atoms with Crippen molar-refractivity contribution in [3.63, 3.8) is 0 Å². The quantitative estimate of drug-likeness (QED) is 0.742. The summed E-state index contributed by atoms with van der Waals surface area (Å²) in [4.78, 5) is 11.9. The Morgan fingerprint density at radius 1 is 0.955 bits per heavy atom. The Labute approximate surface area is 136 Å². The molecule has 5 nitrogen and oxygen atoms in total. The fourth-order valence-corrected chi connectivity index (χ4v) is 2.63. The van der Waals surface area contributed by atoms with Crippen LogP contribution in [0.15, 0.2) is 54.6 Å². The summed E-state index contributed by atoms with van der Waals surface area (Å²) in [7, 11) is 0. The second-order valence-corrected chi connectivity index (χ2v) is 5.78. The Morgan fingerprint density at radius 2 is 1.68 bits per heavy atom. The lowest BCUT2D eigenvalue weighted by Crippen LogP contribution is -2.19. The van der Waals surface area contributed by atoms with Crippen LogP contribution in [0.1, 0.15) is 0 Å². The number of nitrogens with zero attached hydrogens (tertiary/aromatic N) is 2. The molecule has 7 heteroatoms. The summed E-state index contributed by atoms with van der Waals surface area (Å²) in [5.41, 5.74) is 1.61. The zero-order chi connectivity index (χ0) is 15.4. The Kier molecular flexibility index (Phi) is 4.32. The second kappa shape index (κ2) is 6.55. The molecule has 1 heterocycles. The average Bonchev–Trinajstić information content (AvgIpc) is 2.97. The van der Waals surface area contributed by atoms with Gasteiger partial charge in [-0.15, -0.1) is 10.2 Å². The maximum Gasteiger partial charge on any atom is 0.325 e. The van der Waals surface area contributed by atoms with Gasteiger partial charge in [0.1, 0.15) is 5.01 Å². The van der Waals surface area contributed by atoms with E-state index in [9.17, 15) is 4.79 Å². The van der Waals surface area contributed by atoms with Crippen LogP contribution in [0.4, 0.5) is 15.6 Å². The van der Waals surface area contributed by atoms with Crippen molar-refractivity contribution < 1.29 is 4.79 Å².